The van der Waals surface area contributed by atoms with E-state index in [-0.39, 0.29) is 62.4 Å². The van der Waals surface area contributed by atoms with E-state index < -0.39 is 59.5 Å². The normalized spacial score (nSPS) is 18.4. The summed E-state index contributed by atoms with van der Waals surface area (Å²) in [6.45, 7) is 11.5. The number of carbonyl (C=O) groups excluding carboxylic acids is 2. The summed E-state index contributed by atoms with van der Waals surface area (Å²) in [7, 11) is 0. The van der Waals surface area contributed by atoms with Gasteiger partial charge < -0.3 is 78.1 Å². The number of hydrogen-bond donors (Lipinski definition) is 5. The van der Waals surface area contributed by atoms with Crippen molar-refractivity contribution in [1.29, 1.82) is 0 Å². The topological polar surface area (TPSA) is 225 Å². The number of nitrogens with one attached hydrogen (secondary N) is 2. The van der Waals surface area contributed by atoms with Crippen LogP contribution < -0.4 is 20.0 Å². The number of ketones is 1. The number of rotatable bonds is 38. The van der Waals surface area contributed by atoms with Crippen molar-refractivity contribution < 1.29 is 89.8 Å². The molecule has 1 saturated heterocycles. The highest BCUT2D eigenvalue weighted by Gasteiger charge is 2.43. The Bertz CT molecular complexity index is 1530. The minimum absolute atomic E-state index is 0.0306. The van der Waals surface area contributed by atoms with E-state index in [2.05, 4.69) is 22.0 Å². The summed E-state index contributed by atoms with van der Waals surface area (Å²) in [5.74, 6) is -8.16. The quantitative estimate of drug-likeness (QED) is 0.0121. The van der Waals surface area contributed by atoms with E-state index in [9.17, 15) is 42.5 Å². The Morgan fingerprint density at radius 2 is 1.12 bits per heavy atom. The number of amides is 2. The van der Waals surface area contributed by atoms with E-state index >= 15 is 0 Å². The summed E-state index contributed by atoms with van der Waals surface area (Å²) < 4.78 is 114. The number of hydrogen-bond acceptors (Lipinski definition) is 15. The molecule has 2 rings (SSSR count). The van der Waals surface area contributed by atoms with Crippen LogP contribution in [0.5, 0.6) is 5.75 Å². The lowest BCUT2D eigenvalue weighted by molar-refractivity contribution is -0.212. The molecule has 1 heterocycles. The molecule has 65 heavy (non-hydrogen) atoms. The number of aliphatic hydroxyl groups excluding tert-OH is 3. The second-order valence-corrected chi connectivity index (χ2v) is 14.7. The maximum Gasteiger partial charge on any atom is 0.468 e. The van der Waals surface area contributed by atoms with Gasteiger partial charge >= 0.3 is 11.9 Å². The first-order valence-electron chi connectivity index (χ1n) is 22.1. The summed E-state index contributed by atoms with van der Waals surface area (Å²) in [6.07, 6.45) is -0.987. The van der Waals surface area contributed by atoms with Gasteiger partial charge in [0.1, 0.15) is 24.4 Å². The van der Waals surface area contributed by atoms with E-state index in [1.807, 2.05) is 0 Å². The molecule has 1 aromatic rings. The zero-order valence-corrected chi connectivity index (χ0v) is 37.7. The van der Waals surface area contributed by atoms with Gasteiger partial charge in [-0.05, 0) is 39.0 Å². The fourth-order valence-corrected chi connectivity index (χ4v) is 6.42. The number of urea groups is 1. The molecule has 374 valence electrons. The van der Waals surface area contributed by atoms with Crippen molar-refractivity contribution in [2.75, 3.05) is 125 Å². The number of carbonyl (C=O) groups is 2. The van der Waals surface area contributed by atoms with Crippen molar-refractivity contribution >= 4 is 24.4 Å². The molecule has 1 aromatic carbocycles. The van der Waals surface area contributed by atoms with E-state index in [1.165, 1.54) is 13.8 Å². The van der Waals surface area contributed by atoms with Gasteiger partial charge in [-0.15, -0.1) is 0 Å². The van der Waals surface area contributed by atoms with Gasteiger partial charge in [-0.1, -0.05) is 11.6 Å². The van der Waals surface area contributed by atoms with Gasteiger partial charge in [0.15, 0.2) is 17.5 Å². The van der Waals surface area contributed by atoms with Crippen LogP contribution in [0.4, 0.5) is 22.4 Å². The molecule has 0 aliphatic carbocycles. The Morgan fingerprint density at radius 3 is 1.60 bits per heavy atom. The number of benzene rings is 1. The minimum Gasteiger partial charge on any atom is -0.394 e. The van der Waals surface area contributed by atoms with E-state index in [4.69, 9.17) is 47.4 Å². The van der Waals surface area contributed by atoms with E-state index in [0.29, 0.717) is 131 Å². The Balaban J connectivity index is 1.31. The number of Topliss-reactive ketones (excluding diaryl/α,β-unsaturated/α-hetero) is 1. The number of aliphatic hydroxyl groups is 3. The van der Waals surface area contributed by atoms with Gasteiger partial charge in [0.05, 0.1) is 118 Å². The zero-order valence-electron chi connectivity index (χ0n) is 37.7. The summed E-state index contributed by atoms with van der Waals surface area (Å²) >= 11 is 0. The molecule has 2 amide bonds. The second-order valence-electron chi connectivity index (χ2n) is 14.7. The predicted molar refractivity (Wildman–Crippen MR) is 228 cm³/mol. The van der Waals surface area contributed by atoms with Crippen molar-refractivity contribution in [2.24, 2.45) is 5.92 Å². The van der Waals surface area contributed by atoms with Crippen molar-refractivity contribution in [3.05, 3.63) is 28.8 Å². The number of nitrogens with zero attached hydrogens (tertiary/aromatic N) is 1. The fourth-order valence-electron chi connectivity index (χ4n) is 6.42. The zero-order chi connectivity index (χ0) is 47.7. The molecule has 1 aliphatic heterocycles. The van der Waals surface area contributed by atoms with Crippen molar-refractivity contribution in [2.45, 2.75) is 83.2 Å². The summed E-state index contributed by atoms with van der Waals surface area (Å²) in [4.78, 5) is 23.3. The molecule has 1 fully saturated rings. The fraction of sp³-hybridized carbons (Fsp3) is 0.767. The first kappa shape index (κ1) is 57.8. The molecule has 1 aliphatic rings. The van der Waals surface area contributed by atoms with Gasteiger partial charge in [0, 0.05) is 37.6 Å². The third-order valence-electron chi connectivity index (χ3n) is 9.84. The van der Waals surface area contributed by atoms with Gasteiger partial charge in [0.2, 0.25) is 11.6 Å². The van der Waals surface area contributed by atoms with Crippen molar-refractivity contribution in [3.63, 3.8) is 0 Å². The summed E-state index contributed by atoms with van der Waals surface area (Å²) in [5, 5.41) is 35.8. The third kappa shape index (κ3) is 23.8. The van der Waals surface area contributed by atoms with Crippen LogP contribution in [0.1, 0.15) is 57.9 Å². The van der Waals surface area contributed by atoms with Crippen LogP contribution in [0.25, 0.3) is 0 Å². The third-order valence-corrected chi connectivity index (χ3v) is 9.84. The van der Waals surface area contributed by atoms with Crippen LogP contribution in [-0.4, -0.2) is 190 Å². The molecule has 22 heteroatoms. The summed E-state index contributed by atoms with van der Waals surface area (Å²) in [6, 6.07) is -0.345. The number of halogens is 4. The largest absolute Gasteiger partial charge is 0.468 e. The molecule has 0 saturated carbocycles. The highest BCUT2D eigenvalue weighted by atomic mass is 19.2. The molecule has 18 nitrogen and oxygen atoms in total. The van der Waals surface area contributed by atoms with Gasteiger partial charge in [-0.25, -0.2) is 18.0 Å². The average molecular weight is 945 g/mol. The molecule has 0 unspecified atom stereocenters. The molecule has 0 spiro atoms. The Morgan fingerprint density at radius 1 is 0.631 bits per heavy atom. The van der Waals surface area contributed by atoms with Gasteiger partial charge in [0.25, 0.3) is 6.72 Å². The SMILES string of the molecule is C=[N+]=C(CCOCCOCCOCCOCCOCCOCCNC(=O)NCCOCCOCCC[C@H]1O[C@H](CO)[C@H](O)[C@H](O)[C@H]1CCCC(C)=O)Oc1c(F)c(F)c(F)c(CC)c1F. The Kier molecular flexibility index (Phi) is 31.8. The molecular formula is C43H70F4N3O15+. The van der Waals surface area contributed by atoms with Crippen molar-refractivity contribution in [1.82, 2.24) is 15.3 Å². The minimum atomic E-state index is -1.83. The van der Waals surface area contributed by atoms with Crippen molar-refractivity contribution in [3.8, 4) is 5.75 Å². The van der Waals surface area contributed by atoms with Crippen LogP contribution in [0.2, 0.25) is 0 Å². The van der Waals surface area contributed by atoms with Crippen LogP contribution in [0.15, 0.2) is 0 Å². The Labute approximate surface area is 378 Å². The lowest BCUT2D eigenvalue weighted by Gasteiger charge is -2.43. The Hall–Kier alpha value is -3.35. The lowest BCUT2D eigenvalue weighted by Crippen LogP contribution is -2.55. The molecule has 0 radical (unpaired) electrons. The van der Waals surface area contributed by atoms with Gasteiger partial charge in [-0.3, -0.25) is 0 Å². The number of ether oxygens (including phenoxy) is 10. The van der Waals surface area contributed by atoms with Crippen LogP contribution in [-0.2, 0) is 53.8 Å². The maximum absolute atomic E-state index is 14.4. The summed E-state index contributed by atoms with van der Waals surface area (Å²) in [5.41, 5.74) is -0.636. The lowest BCUT2D eigenvalue weighted by atomic mass is 9.81. The predicted octanol–water partition coefficient (Wildman–Crippen LogP) is 1.81. The van der Waals surface area contributed by atoms with Crippen LogP contribution in [0.3, 0.4) is 0 Å². The second kappa shape index (κ2) is 35.8. The maximum atomic E-state index is 14.4. The monoisotopic (exact) mass is 944 g/mol. The molecular weight excluding hydrogens is 874 g/mol. The average Bonchev–Trinajstić information content (AvgIpc) is 3.29. The first-order valence-corrected chi connectivity index (χ1v) is 22.1. The highest BCUT2D eigenvalue weighted by Crippen LogP contribution is 2.33. The van der Waals surface area contributed by atoms with Crippen LogP contribution in [0, 0.1) is 29.2 Å². The van der Waals surface area contributed by atoms with Gasteiger partial charge in [-0.2, -0.15) is 4.39 Å². The first-order chi connectivity index (χ1) is 31.5. The van der Waals surface area contributed by atoms with E-state index in [0.717, 1.165) is 0 Å². The van der Waals surface area contributed by atoms with E-state index in [1.54, 1.807) is 0 Å². The molecule has 5 atom stereocenters. The highest BCUT2D eigenvalue weighted by molar-refractivity contribution is 5.79. The van der Waals surface area contributed by atoms with Crippen LogP contribution >= 0.6 is 0 Å². The standard InChI is InChI=1S/C43H69F4N3O15/c1-4-31-36(44)38(46)39(47)42(37(31)45)65-35(48-3)10-14-57-18-21-60-23-25-62-27-28-63-26-24-61-22-20-59-16-12-50-43(55)49-11-15-58-19-17-56-13-6-9-33-32(8-5-7-30(2)52)40(53)41(54)34(29-51)64-33/h32-34,40-41,51,53-54H,3-29H2,1-2H3,(H-,49,50,55)/p+1/t32-,33+,34+,40+,41-/m0/s1. The molecule has 5 N–H and O–H groups in total. The smallest absolute Gasteiger partial charge is 0.394 e. The molecule has 0 bridgehead atoms. The molecule has 0 aromatic heterocycles.